The summed E-state index contributed by atoms with van der Waals surface area (Å²) in [5.41, 5.74) is 1.21. The van der Waals surface area contributed by atoms with Gasteiger partial charge in [0, 0.05) is 25.8 Å². The molecule has 1 aliphatic rings. The molecule has 88 valence electrons. The normalized spacial score (nSPS) is 22.2. The molecule has 0 radical (unpaired) electrons. The van der Waals surface area contributed by atoms with E-state index in [1.807, 2.05) is 18.3 Å². The molecule has 0 aromatic carbocycles. The van der Waals surface area contributed by atoms with Crippen molar-refractivity contribution in [1.29, 1.82) is 0 Å². The molecule has 1 aromatic rings. The SMILES string of the molecule is CCC1CN(Cc2ccc(Cl)nc2)CCO1. The zero-order chi connectivity index (χ0) is 11.4. The van der Waals surface area contributed by atoms with E-state index in [2.05, 4.69) is 16.8 Å². The summed E-state index contributed by atoms with van der Waals surface area (Å²) >= 11 is 5.76. The lowest BCUT2D eigenvalue weighted by atomic mass is 10.2. The molecule has 16 heavy (non-hydrogen) atoms. The second-order valence-corrected chi connectivity index (χ2v) is 4.51. The highest BCUT2D eigenvalue weighted by Gasteiger charge is 2.18. The lowest BCUT2D eigenvalue weighted by molar-refractivity contribution is -0.0324. The van der Waals surface area contributed by atoms with Gasteiger partial charge in [0.05, 0.1) is 12.7 Å². The Morgan fingerprint density at radius 3 is 3.12 bits per heavy atom. The maximum Gasteiger partial charge on any atom is 0.129 e. The van der Waals surface area contributed by atoms with Crippen LogP contribution in [0, 0.1) is 0 Å². The van der Waals surface area contributed by atoms with Crippen LogP contribution in [0.15, 0.2) is 18.3 Å². The van der Waals surface area contributed by atoms with E-state index in [1.165, 1.54) is 5.56 Å². The smallest absolute Gasteiger partial charge is 0.129 e. The molecule has 2 heterocycles. The molecule has 0 N–H and O–H groups in total. The standard InChI is InChI=1S/C12H17ClN2O/c1-2-11-9-15(5-6-16-11)8-10-3-4-12(13)14-7-10/h3-4,7,11H,2,5-6,8-9H2,1H3. The van der Waals surface area contributed by atoms with Gasteiger partial charge in [-0.25, -0.2) is 4.98 Å². The fraction of sp³-hybridized carbons (Fsp3) is 0.583. The first-order valence-electron chi connectivity index (χ1n) is 5.72. The third-order valence-corrected chi connectivity index (χ3v) is 3.10. The zero-order valence-corrected chi connectivity index (χ0v) is 10.3. The Labute approximate surface area is 101 Å². The van der Waals surface area contributed by atoms with Gasteiger partial charge in [0.15, 0.2) is 0 Å². The van der Waals surface area contributed by atoms with Crippen molar-refractivity contribution < 1.29 is 4.74 Å². The number of morpholine rings is 1. The molecule has 0 aliphatic carbocycles. The molecule has 1 atom stereocenters. The number of hydrogen-bond acceptors (Lipinski definition) is 3. The highest BCUT2D eigenvalue weighted by Crippen LogP contribution is 2.13. The molecule has 1 aromatic heterocycles. The average Bonchev–Trinajstić information content (AvgIpc) is 2.32. The van der Waals surface area contributed by atoms with E-state index in [1.54, 1.807) is 0 Å². The van der Waals surface area contributed by atoms with E-state index >= 15 is 0 Å². The van der Waals surface area contributed by atoms with Gasteiger partial charge in [-0.2, -0.15) is 0 Å². The van der Waals surface area contributed by atoms with Crippen LogP contribution in [0.5, 0.6) is 0 Å². The molecule has 0 bridgehead atoms. The predicted molar refractivity (Wildman–Crippen MR) is 64.6 cm³/mol. The predicted octanol–water partition coefficient (Wildman–Crippen LogP) is 2.35. The number of ether oxygens (including phenoxy) is 1. The fourth-order valence-corrected chi connectivity index (χ4v) is 2.04. The molecule has 0 saturated carbocycles. The van der Waals surface area contributed by atoms with Crippen molar-refractivity contribution in [2.24, 2.45) is 0 Å². The molecule has 4 heteroatoms. The lowest BCUT2D eigenvalue weighted by Crippen LogP contribution is -2.41. The highest BCUT2D eigenvalue weighted by atomic mass is 35.5. The summed E-state index contributed by atoms with van der Waals surface area (Å²) in [5, 5.41) is 0.553. The number of rotatable bonds is 3. The Balaban J connectivity index is 1.91. The number of aromatic nitrogens is 1. The molecule has 1 fully saturated rings. The summed E-state index contributed by atoms with van der Waals surface area (Å²) < 4.78 is 5.64. The maximum atomic E-state index is 5.76. The van der Waals surface area contributed by atoms with Crippen molar-refractivity contribution in [3.05, 3.63) is 29.0 Å². The quantitative estimate of drug-likeness (QED) is 0.759. The molecule has 1 saturated heterocycles. The van der Waals surface area contributed by atoms with Gasteiger partial charge in [0.25, 0.3) is 0 Å². The van der Waals surface area contributed by atoms with Crippen molar-refractivity contribution in [2.45, 2.75) is 26.0 Å². The summed E-state index contributed by atoms with van der Waals surface area (Å²) in [6.45, 7) is 5.94. The van der Waals surface area contributed by atoms with Crippen LogP contribution in [-0.2, 0) is 11.3 Å². The minimum atomic E-state index is 0.383. The Morgan fingerprint density at radius 1 is 1.56 bits per heavy atom. The van der Waals surface area contributed by atoms with Crippen LogP contribution in [0.3, 0.4) is 0 Å². The third kappa shape index (κ3) is 3.17. The van der Waals surface area contributed by atoms with Crippen LogP contribution in [0.25, 0.3) is 0 Å². The summed E-state index contributed by atoms with van der Waals surface area (Å²) in [4.78, 5) is 6.50. The van der Waals surface area contributed by atoms with Crippen molar-refractivity contribution in [1.82, 2.24) is 9.88 Å². The van der Waals surface area contributed by atoms with Gasteiger partial charge in [-0.3, -0.25) is 4.90 Å². The lowest BCUT2D eigenvalue weighted by Gasteiger charge is -2.32. The van der Waals surface area contributed by atoms with Crippen LogP contribution in [0.1, 0.15) is 18.9 Å². The molecule has 1 unspecified atom stereocenters. The van der Waals surface area contributed by atoms with E-state index < -0.39 is 0 Å². The molecule has 1 aliphatic heterocycles. The monoisotopic (exact) mass is 240 g/mol. The highest BCUT2D eigenvalue weighted by molar-refractivity contribution is 6.29. The van der Waals surface area contributed by atoms with Crippen LogP contribution >= 0.6 is 11.6 Å². The van der Waals surface area contributed by atoms with Gasteiger partial charge >= 0.3 is 0 Å². The summed E-state index contributed by atoms with van der Waals surface area (Å²) in [5.74, 6) is 0. The summed E-state index contributed by atoms with van der Waals surface area (Å²) in [6, 6.07) is 3.88. The fourth-order valence-electron chi connectivity index (χ4n) is 1.93. The topological polar surface area (TPSA) is 25.4 Å². The van der Waals surface area contributed by atoms with Gasteiger partial charge < -0.3 is 4.74 Å². The molecule has 0 amide bonds. The first-order chi connectivity index (χ1) is 7.78. The number of hydrogen-bond donors (Lipinski definition) is 0. The minimum absolute atomic E-state index is 0.383. The largest absolute Gasteiger partial charge is 0.376 e. The Kier molecular flexibility index (Phi) is 4.16. The minimum Gasteiger partial charge on any atom is -0.376 e. The Morgan fingerprint density at radius 2 is 2.44 bits per heavy atom. The zero-order valence-electron chi connectivity index (χ0n) is 9.53. The van der Waals surface area contributed by atoms with Crippen LogP contribution in [0.2, 0.25) is 5.15 Å². The maximum absolute atomic E-state index is 5.76. The third-order valence-electron chi connectivity index (χ3n) is 2.87. The van der Waals surface area contributed by atoms with Gasteiger partial charge in [0.1, 0.15) is 5.15 Å². The number of halogens is 1. The van der Waals surface area contributed by atoms with Gasteiger partial charge in [-0.1, -0.05) is 24.6 Å². The molecule has 2 rings (SSSR count). The molecular weight excluding hydrogens is 224 g/mol. The van der Waals surface area contributed by atoms with Crippen LogP contribution in [0.4, 0.5) is 0 Å². The molecular formula is C12H17ClN2O. The van der Waals surface area contributed by atoms with Crippen molar-refractivity contribution in [3.63, 3.8) is 0 Å². The van der Waals surface area contributed by atoms with Gasteiger partial charge in [0.2, 0.25) is 0 Å². The van der Waals surface area contributed by atoms with Gasteiger partial charge in [-0.05, 0) is 18.1 Å². The summed E-state index contributed by atoms with van der Waals surface area (Å²) in [6.07, 6.45) is 3.31. The van der Waals surface area contributed by atoms with Crippen LogP contribution in [-0.4, -0.2) is 35.7 Å². The number of pyridine rings is 1. The summed E-state index contributed by atoms with van der Waals surface area (Å²) in [7, 11) is 0. The number of nitrogens with zero attached hydrogens (tertiary/aromatic N) is 2. The first-order valence-corrected chi connectivity index (χ1v) is 6.10. The van der Waals surface area contributed by atoms with Crippen LogP contribution < -0.4 is 0 Å². The van der Waals surface area contributed by atoms with E-state index in [-0.39, 0.29) is 0 Å². The second kappa shape index (κ2) is 5.62. The average molecular weight is 241 g/mol. The van der Waals surface area contributed by atoms with Crippen molar-refractivity contribution in [3.8, 4) is 0 Å². The van der Waals surface area contributed by atoms with Crippen molar-refractivity contribution in [2.75, 3.05) is 19.7 Å². The Hall–Kier alpha value is -0.640. The second-order valence-electron chi connectivity index (χ2n) is 4.13. The van der Waals surface area contributed by atoms with E-state index in [4.69, 9.17) is 16.3 Å². The molecule has 0 spiro atoms. The van der Waals surface area contributed by atoms with Gasteiger partial charge in [-0.15, -0.1) is 0 Å². The van der Waals surface area contributed by atoms with E-state index in [0.29, 0.717) is 11.3 Å². The van der Waals surface area contributed by atoms with E-state index in [0.717, 1.165) is 32.7 Å². The molecule has 3 nitrogen and oxygen atoms in total. The van der Waals surface area contributed by atoms with Crippen molar-refractivity contribution >= 4 is 11.6 Å². The van der Waals surface area contributed by atoms with E-state index in [9.17, 15) is 0 Å². The first kappa shape index (κ1) is 11.8. The Bertz CT molecular complexity index is 328.